The standard InChI is InChI=1S/C12H18N4O2/c1-3-5-13-7-10-4-6-17-11(10)8-18-12-14-9-16(2)15-12/h4,6,9,13H,3,5,7-8H2,1-2H3. The van der Waals surface area contributed by atoms with E-state index in [1.54, 1.807) is 24.3 Å². The highest BCUT2D eigenvalue weighted by Crippen LogP contribution is 2.12. The Balaban J connectivity index is 1.87. The van der Waals surface area contributed by atoms with Crippen LogP contribution in [0.2, 0.25) is 0 Å². The minimum atomic E-state index is 0.347. The average molecular weight is 250 g/mol. The van der Waals surface area contributed by atoms with E-state index in [9.17, 15) is 0 Å². The fraction of sp³-hybridized carbons (Fsp3) is 0.500. The van der Waals surface area contributed by atoms with E-state index in [4.69, 9.17) is 9.15 Å². The van der Waals surface area contributed by atoms with Gasteiger partial charge in [0.25, 0.3) is 0 Å². The molecule has 0 aliphatic heterocycles. The Hall–Kier alpha value is -1.82. The first-order chi connectivity index (χ1) is 8.79. The van der Waals surface area contributed by atoms with Crippen molar-refractivity contribution in [3.63, 3.8) is 0 Å². The van der Waals surface area contributed by atoms with E-state index in [1.807, 2.05) is 6.07 Å². The van der Waals surface area contributed by atoms with Gasteiger partial charge in [-0.3, -0.25) is 4.68 Å². The van der Waals surface area contributed by atoms with Gasteiger partial charge in [-0.1, -0.05) is 6.92 Å². The normalized spacial score (nSPS) is 10.8. The van der Waals surface area contributed by atoms with Gasteiger partial charge < -0.3 is 14.5 Å². The van der Waals surface area contributed by atoms with E-state index in [1.165, 1.54) is 0 Å². The summed E-state index contributed by atoms with van der Waals surface area (Å²) in [6.07, 6.45) is 4.39. The number of nitrogens with zero attached hydrogens (tertiary/aromatic N) is 3. The maximum atomic E-state index is 5.45. The highest BCUT2D eigenvalue weighted by atomic mass is 16.5. The molecule has 2 heterocycles. The van der Waals surface area contributed by atoms with Gasteiger partial charge in [0.1, 0.15) is 18.7 Å². The van der Waals surface area contributed by atoms with Gasteiger partial charge in [0.05, 0.1) is 6.26 Å². The fourth-order valence-electron chi connectivity index (χ4n) is 1.57. The summed E-state index contributed by atoms with van der Waals surface area (Å²) in [6, 6.07) is 2.31. The molecule has 0 amide bonds. The molecule has 1 N–H and O–H groups in total. The van der Waals surface area contributed by atoms with Crippen LogP contribution in [-0.2, 0) is 20.2 Å². The lowest BCUT2D eigenvalue weighted by Gasteiger charge is -2.04. The van der Waals surface area contributed by atoms with Gasteiger partial charge in [-0.2, -0.15) is 4.98 Å². The minimum Gasteiger partial charge on any atom is -0.465 e. The molecule has 18 heavy (non-hydrogen) atoms. The van der Waals surface area contributed by atoms with Crippen molar-refractivity contribution in [1.82, 2.24) is 20.1 Å². The Morgan fingerprint density at radius 2 is 2.39 bits per heavy atom. The van der Waals surface area contributed by atoms with Crippen molar-refractivity contribution in [1.29, 1.82) is 0 Å². The monoisotopic (exact) mass is 250 g/mol. The molecule has 2 rings (SSSR count). The molecular weight excluding hydrogens is 232 g/mol. The van der Waals surface area contributed by atoms with E-state index in [0.717, 1.165) is 30.8 Å². The molecule has 2 aromatic heterocycles. The molecule has 0 bridgehead atoms. The van der Waals surface area contributed by atoms with Crippen LogP contribution in [-0.4, -0.2) is 21.3 Å². The van der Waals surface area contributed by atoms with Gasteiger partial charge in [-0.25, -0.2) is 0 Å². The predicted octanol–water partition coefficient (Wildman–Crippen LogP) is 1.49. The van der Waals surface area contributed by atoms with E-state index in [2.05, 4.69) is 22.3 Å². The first-order valence-corrected chi connectivity index (χ1v) is 6.04. The fourth-order valence-corrected chi connectivity index (χ4v) is 1.57. The zero-order valence-corrected chi connectivity index (χ0v) is 10.7. The Morgan fingerprint density at radius 3 is 3.11 bits per heavy atom. The van der Waals surface area contributed by atoms with Crippen molar-refractivity contribution >= 4 is 0 Å². The van der Waals surface area contributed by atoms with Gasteiger partial charge in [-0.05, 0) is 19.0 Å². The summed E-state index contributed by atoms with van der Waals surface area (Å²) in [5.41, 5.74) is 1.11. The first-order valence-electron chi connectivity index (χ1n) is 6.04. The molecule has 0 atom stereocenters. The number of ether oxygens (including phenoxy) is 1. The van der Waals surface area contributed by atoms with Crippen LogP contribution in [0.1, 0.15) is 24.7 Å². The van der Waals surface area contributed by atoms with Crippen LogP contribution < -0.4 is 10.1 Å². The topological polar surface area (TPSA) is 65.1 Å². The molecule has 6 nitrogen and oxygen atoms in total. The van der Waals surface area contributed by atoms with Crippen LogP contribution >= 0.6 is 0 Å². The lowest BCUT2D eigenvalue weighted by molar-refractivity contribution is 0.247. The second-order valence-electron chi connectivity index (χ2n) is 4.04. The summed E-state index contributed by atoms with van der Waals surface area (Å²) < 4.78 is 12.4. The molecule has 0 saturated heterocycles. The zero-order chi connectivity index (χ0) is 12.8. The number of hydrogen-bond donors (Lipinski definition) is 1. The molecule has 6 heteroatoms. The van der Waals surface area contributed by atoms with Crippen LogP contribution in [0.3, 0.4) is 0 Å². The molecule has 2 aromatic rings. The van der Waals surface area contributed by atoms with E-state index in [0.29, 0.717) is 12.6 Å². The third-order valence-electron chi connectivity index (χ3n) is 2.49. The lowest BCUT2D eigenvalue weighted by atomic mass is 10.2. The Morgan fingerprint density at radius 1 is 1.50 bits per heavy atom. The Labute approximate surface area is 106 Å². The third-order valence-corrected chi connectivity index (χ3v) is 2.49. The predicted molar refractivity (Wildman–Crippen MR) is 66.0 cm³/mol. The zero-order valence-electron chi connectivity index (χ0n) is 10.7. The number of furan rings is 1. The van der Waals surface area contributed by atoms with Crippen molar-refractivity contribution < 1.29 is 9.15 Å². The molecule has 0 unspecified atom stereocenters. The van der Waals surface area contributed by atoms with Crippen molar-refractivity contribution in [2.45, 2.75) is 26.5 Å². The molecule has 0 saturated carbocycles. The molecule has 0 spiro atoms. The molecule has 0 fully saturated rings. The van der Waals surface area contributed by atoms with Crippen LogP contribution in [0.4, 0.5) is 0 Å². The summed E-state index contributed by atoms with van der Waals surface area (Å²) in [4.78, 5) is 3.99. The van der Waals surface area contributed by atoms with Crippen LogP contribution in [0.15, 0.2) is 23.1 Å². The minimum absolute atomic E-state index is 0.347. The summed E-state index contributed by atoms with van der Waals surface area (Å²) in [5, 5.41) is 7.37. The van der Waals surface area contributed by atoms with Crippen molar-refractivity contribution in [3.8, 4) is 6.01 Å². The molecule has 0 aliphatic rings. The number of hydrogen-bond acceptors (Lipinski definition) is 5. The van der Waals surface area contributed by atoms with E-state index in [-0.39, 0.29) is 0 Å². The Kier molecular flexibility index (Phi) is 4.35. The van der Waals surface area contributed by atoms with Crippen LogP contribution in [0, 0.1) is 0 Å². The molecule has 0 aromatic carbocycles. The summed E-state index contributed by atoms with van der Waals surface area (Å²) in [5.74, 6) is 0.811. The third kappa shape index (κ3) is 3.33. The number of rotatable bonds is 7. The quantitative estimate of drug-likeness (QED) is 0.754. The maximum absolute atomic E-state index is 5.45. The highest BCUT2D eigenvalue weighted by molar-refractivity contribution is 5.16. The number of aryl methyl sites for hydroxylation is 1. The molecule has 98 valence electrons. The summed E-state index contributed by atoms with van der Waals surface area (Å²) >= 11 is 0. The lowest BCUT2D eigenvalue weighted by Crippen LogP contribution is -2.14. The van der Waals surface area contributed by atoms with Crippen molar-refractivity contribution in [2.75, 3.05) is 6.54 Å². The first kappa shape index (κ1) is 12.6. The largest absolute Gasteiger partial charge is 0.465 e. The van der Waals surface area contributed by atoms with Gasteiger partial charge >= 0.3 is 6.01 Å². The maximum Gasteiger partial charge on any atom is 0.335 e. The second kappa shape index (κ2) is 6.20. The van der Waals surface area contributed by atoms with Gasteiger partial charge in [-0.15, -0.1) is 5.10 Å². The van der Waals surface area contributed by atoms with Gasteiger partial charge in [0.2, 0.25) is 0 Å². The Bertz CT molecular complexity index is 478. The average Bonchev–Trinajstić information content (AvgIpc) is 2.96. The SMILES string of the molecule is CCCNCc1ccoc1COc1ncn(C)n1. The number of nitrogens with one attached hydrogen (secondary N) is 1. The van der Waals surface area contributed by atoms with Crippen LogP contribution in [0.5, 0.6) is 6.01 Å². The van der Waals surface area contributed by atoms with Gasteiger partial charge in [0, 0.05) is 19.2 Å². The molecular formula is C12H18N4O2. The second-order valence-corrected chi connectivity index (χ2v) is 4.04. The highest BCUT2D eigenvalue weighted by Gasteiger charge is 2.08. The van der Waals surface area contributed by atoms with Crippen molar-refractivity contribution in [3.05, 3.63) is 30.0 Å². The summed E-state index contributed by atoms with van der Waals surface area (Å²) in [6.45, 7) is 4.27. The van der Waals surface area contributed by atoms with E-state index >= 15 is 0 Å². The number of aromatic nitrogens is 3. The molecule has 0 radical (unpaired) electrons. The van der Waals surface area contributed by atoms with E-state index < -0.39 is 0 Å². The van der Waals surface area contributed by atoms with Crippen molar-refractivity contribution in [2.24, 2.45) is 7.05 Å². The van der Waals surface area contributed by atoms with Gasteiger partial charge in [0.15, 0.2) is 0 Å². The molecule has 0 aliphatic carbocycles. The van der Waals surface area contributed by atoms with Crippen LogP contribution in [0.25, 0.3) is 0 Å². The summed E-state index contributed by atoms with van der Waals surface area (Å²) in [7, 11) is 1.80. The smallest absolute Gasteiger partial charge is 0.335 e.